The minimum absolute atomic E-state index is 0.0199. The number of carbonyl (C=O) groups is 2. The van der Waals surface area contributed by atoms with Crippen molar-refractivity contribution in [3.63, 3.8) is 0 Å². The number of nitrogens with zero attached hydrogens (tertiary/aromatic N) is 2. The molecule has 1 atom stereocenters. The normalized spacial score (nSPS) is 22.6. The van der Waals surface area contributed by atoms with Gasteiger partial charge in [-0.05, 0) is 39.4 Å². The zero-order chi connectivity index (χ0) is 15.3. The smallest absolute Gasteiger partial charge is 0.317 e. The number of nitrogens with one attached hydrogen (secondary N) is 1. The van der Waals surface area contributed by atoms with Crippen LogP contribution in [0.2, 0.25) is 0 Å². The monoisotopic (exact) mass is 285 g/mol. The van der Waals surface area contributed by atoms with Crippen molar-refractivity contribution in [2.45, 2.75) is 26.7 Å². The molecule has 1 heterocycles. The van der Waals surface area contributed by atoms with Crippen molar-refractivity contribution in [2.75, 3.05) is 40.3 Å². The van der Waals surface area contributed by atoms with Crippen LogP contribution in [0.3, 0.4) is 0 Å². The van der Waals surface area contributed by atoms with Gasteiger partial charge in [-0.15, -0.1) is 0 Å². The zero-order valence-electron chi connectivity index (χ0n) is 13.0. The quantitative estimate of drug-likeness (QED) is 0.716. The first-order chi connectivity index (χ1) is 9.29. The van der Waals surface area contributed by atoms with Gasteiger partial charge < -0.3 is 20.2 Å². The molecule has 2 amide bonds. The average Bonchev–Trinajstić information content (AvgIpc) is 2.80. The Kier molecular flexibility index (Phi) is 5.80. The minimum Gasteiger partial charge on any atom is -0.481 e. The van der Waals surface area contributed by atoms with Gasteiger partial charge in [-0.25, -0.2) is 4.79 Å². The summed E-state index contributed by atoms with van der Waals surface area (Å²) >= 11 is 0. The molecule has 6 nitrogen and oxygen atoms in total. The summed E-state index contributed by atoms with van der Waals surface area (Å²) in [6, 6.07) is -0.146. The van der Waals surface area contributed by atoms with Gasteiger partial charge in [-0.2, -0.15) is 0 Å². The van der Waals surface area contributed by atoms with Gasteiger partial charge in [0.25, 0.3) is 0 Å². The highest BCUT2D eigenvalue weighted by Gasteiger charge is 2.48. The summed E-state index contributed by atoms with van der Waals surface area (Å²) in [7, 11) is 3.98. The van der Waals surface area contributed by atoms with Gasteiger partial charge >= 0.3 is 12.0 Å². The lowest BCUT2D eigenvalue weighted by Crippen LogP contribution is -2.44. The minimum atomic E-state index is -0.796. The molecule has 0 spiro atoms. The molecule has 0 bridgehead atoms. The number of urea groups is 1. The average molecular weight is 285 g/mol. The van der Waals surface area contributed by atoms with Crippen molar-refractivity contribution in [1.29, 1.82) is 0 Å². The molecule has 1 saturated heterocycles. The molecule has 0 aromatic rings. The van der Waals surface area contributed by atoms with Crippen LogP contribution in [-0.2, 0) is 4.79 Å². The summed E-state index contributed by atoms with van der Waals surface area (Å²) in [4.78, 5) is 27.2. The number of carboxylic acids is 1. The maximum atomic E-state index is 12.0. The summed E-state index contributed by atoms with van der Waals surface area (Å²) in [5, 5.41) is 12.3. The van der Waals surface area contributed by atoms with Crippen molar-refractivity contribution < 1.29 is 14.7 Å². The number of likely N-dealkylation sites (tertiary alicyclic amines) is 1. The molecule has 0 saturated carbocycles. The number of hydrogen-bond acceptors (Lipinski definition) is 3. The largest absolute Gasteiger partial charge is 0.481 e. The van der Waals surface area contributed by atoms with Gasteiger partial charge in [-0.3, -0.25) is 4.79 Å². The van der Waals surface area contributed by atoms with E-state index in [9.17, 15) is 14.7 Å². The molecule has 1 unspecified atom stereocenters. The van der Waals surface area contributed by atoms with E-state index in [2.05, 4.69) is 10.2 Å². The molecule has 1 rings (SSSR count). The van der Waals surface area contributed by atoms with Crippen molar-refractivity contribution >= 4 is 12.0 Å². The van der Waals surface area contributed by atoms with E-state index in [0.717, 1.165) is 13.0 Å². The fraction of sp³-hybridized carbons (Fsp3) is 0.857. The van der Waals surface area contributed by atoms with Crippen LogP contribution in [0, 0.1) is 11.3 Å². The molecule has 0 aromatic carbocycles. The second-order valence-electron chi connectivity index (χ2n) is 6.18. The maximum Gasteiger partial charge on any atom is 0.317 e. The second-order valence-corrected chi connectivity index (χ2v) is 6.18. The first-order valence-corrected chi connectivity index (χ1v) is 7.20. The number of carboxylic acid groups (broad SMARTS) is 1. The van der Waals surface area contributed by atoms with Gasteiger partial charge in [0.05, 0.1) is 5.41 Å². The summed E-state index contributed by atoms with van der Waals surface area (Å²) in [5.74, 6) is -0.776. The Morgan fingerprint density at radius 3 is 2.50 bits per heavy atom. The number of rotatable bonds is 6. The van der Waals surface area contributed by atoms with Crippen molar-refractivity contribution in [2.24, 2.45) is 11.3 Å². The topological polar surface area (TPSA) is 72.9 Å². The molecule has 116 valence electrons. The Labute approximate surface area is 121 Å². The predicted octanol–water partition coefficient (Wildman–Crippen LogP) is 1.08. The molecule has 1 aliphatic rings. The molecule has 1 fully saturated rings. The second kappa shape index (κ2) is 6.92. The van der Waals surface area contributed by atoms with Crippen molar-refractivity contribution in [1.82, 2.24) is 15.1 Å². The van der Waals surface area contributed by atoms with Crippen molar-refractivity contribution in [3.05, 3.63) is 0 Å². The lowest BCUT2D eigenvalue weighted by atomic mass is 9.76. The van der Waals surface area contributed by atoms with E-state index in [1.54, 1.807) is 4.90 Å². The van der Waals surface area contributed by atoms with Crippen LogP contribution in [0.25, 0.3) is 0 Å². The Hall–Kier alpha value is -1.30. The summed E-state index contributed by atoms with van der Waals surface area (Å²) in [6.45, 7) is 6.18. The summed E-state index contributed by atoms with van der Waals surface area (Å²) < 4.78 is 0. The van der Waals surface area contributed by atoms with E-state index in [-0.39, 0.29) is 11.9 Å². The van der Waals surface area contributed by atoms with Crippen LogP contribution in [0.15, 0.2) is 0 Å². The van der Waals surface area contributed by atoms with Gasteiger partial charge in [0.1, 0.15) is 0 Å². The standard InChI is InChI=1S/C14H27N3O3/c1-11(2)14(12(18)19)6-9-17(10-14)13(20)15-7-5-8-16(3)4/h11H,5-10H2,1-4H3,(H,15,20)(H,18,19). The Morgan fingerprint density at radius 2 is 2.05 bits per heavy atom. The van der Waals surface area contributed by atoms with Gasteiger partial charge in [0.15, 0.2) is 0 Å². The third kappa shape index (κ3) is 3.85. The SMILES string of the molecule is CC(C)C1(C(=O)O)CCN(C(=O)NCCCN(C)C)C1. The van der Waals surface area contributed by atoms with Crippen molar-refractivity contribution in [3.8, 4) is 0 Å². The van der Waals surface area contributed by atoms with Crippen LogP contribution in [0.5, 0.6) is 0 Å². The van der Waals surface area contributed by atoms with Crippen LogP contribution in [0.4, 0.5) is 4.79 Å². The molecule has 6 heteroatoms. The molecule has 0 aromatic heterocycles. The fourth-order valence-electron chi connectivity index (χ4n) is 2.60. The number of carbonyl (C=O) groups excluding carboxylic acids is 1. The van der Waals surface area contributed by atoms with Gasteiger partial charge in [0.2, 0.25) is 0 Å². The number of aliphatic carboxylic acids is 1. The predicted molar refractivity (Wildman–Crippen MR) is 77.7 cm³/mol. The Balaban J connectivity index is 2.46. The van der Waals surface area contributed by atoms with Gasteiger partial charge in [-0.1, -0.05) is 13.8 Å². The van der Waals surface area contributed by atoms with E-state index in [0.29, 0.717) is 26.1 Å². The lowest BCUT2D eigenvalue weighted by molar-refractivity contribution is -0.150. The summed E-state index contributed by atoms with van der Waals surface area (Å²) in [6.07, 6.45) is 1.42. The number of amides is 2. The third-order valence-electron chi connectivity index (χ3n) is 4.18. The highest BCUT2D eigenvalue weighted by molar-refractivity contribution is 5.80. The highest BCUT2D eigenvalue weighted by atomic mass is 16.4. The molecule has 0 radical (unpaired) electrons. The Morgan fingerprint density at radius 1 is 1.40 bits per heavy atom. The first kappa shape index (κ1) is 16.8. The van der Waals surface area contributed by atoms with E-state index in [1.807, 2.05) is 27.9 Å². The zero-order valence-corrected chi connectivity index (χ0v) is 13.0. The molecular formula is C14H27N3O3. The fourth-order valence-corrected chi connectivity index (χ4v) is 2.60. The molecule has 2 N–H and O–H groups in total. The Bertz CT molecular complexity index is 358. The number of hydrogen-bond donors (Lipinski definition) is 2. The van der Waals surface area contributed by atoms with Crippen LogP contribution < -0.4 is 5.32 Å². The first-order valence-electron chi connectivity index (χ1n) is 7.20. The van der Waals surface area contributed by atoms with Crippen LogP contribution >= 0.6 is 0 Å². The molecule has 1 aliphatic heterocycles. The maximum absolute atomic E-state index is 12.0. The van der Waals surface area contributed by atoms with Gasteiger partial charge in [0, 0.05) is 19.6 Å². The summed E-state index contributed by atoms with van der Waals surface area (Å²) in [5.41, 5.74) is -0.791. The van der Waals surface area contributed by atoms with E-state index in [4.69, 9.17) is 0 Å². The van der Waals surface area contributed by atoms with Crippen LogP contribution in [-0.4, -0.2) is 67.2 Å². The lowest BCUT2D eigenvalue weighted by Gasteiger charge is -2.28. The third-order valence-corrected chi connectivity index (χ3v) is 4.18. The van der Waals surface area contributed by atoms with Crippen LogP contribution in [0.1, 0.15) is 26.7 Å². The molecule has 20 heavy (non-hydrogen) atoms. The van der Waals surface area contributed by atoms with E-state index in [1.165, 1.54) is 0 Å². The van der Waals surface area contributed by atoms with E-state index < -0.39 is 11.4 Å². The van der Waals surface area contributed by atoms with E-state index >= 15 is 0 Å². The molecular weight excluding hydrogens is 258 g/mol. The molecule has 0 aliphatic carbocycles. The highest BCUT2D eigenvalue weighted by Crippen LogP contribution is 2.38.